The number of ether oxygens (including phenoxy) is 2. The van der Waals surface area contributed by atoms with Gasteiger partial charge in [0.1, 0.15) is 17.6 Å². The van der Waals surface area contributed by atoms with Crippen LogP contribution in [0.4, 0.5) is 0 Å². The SMILES string of the molecule is CCOc1cc2c(cc1CNC(=O)C[C@@H](NC(C)=O)c1ccc(C)cc1)O[C@H](C)C2. The number of hydrogen-bond acceptors (Lipinski definition) is 4. The van der Waals surface area contributed by atoms with Gasteiger partial charge < -0.3 is 20.1 Å². The van der Waals surface area contributed by atoms with Crippen molar-refractivity contribution >= 4 is 11.8 Å². The quantitative estimate of drug-likeness (QED) is 0.697. The first-order valence-corrected chi connectivity index (χ1v) is 10.4. The number of rotatable bonds is 8. The fourth-order valence-corrected chi connectivity index (χ4v) is 3.66. The number of carbonyl (C=O) groups excluding carboxylic acids is 2. The van der Waals surface area contributed by atoms with E-state index in [2.05, 4.69) is 10.6 Å². The van der Waals surface area contributed by atoms with Gasteiger partial charge in [0.15, 0.2) is 0 Å². The third kappa shape index (κ3) is 5.53. The Labute approximate surface area is 178 Å². The van der Waals surface area contributed by atoms with Crippen LogP contribution in [0.2, 0.25) is 0 Å². The highest BCUT2D eigenvalue weighted by molar-refractivity contribution is 5.79. The molecule has 0 aliphatic carbocycles. The third-order valence-electron chi connectivity index (χ3n) is 5.10. The lowest BCUT2D eigenvalue weighted by molar-refractivity contribution is -0.122. The van der Waals surface area contributed by atoms with Crippen LogP contribution in [0.1, 0.15) is 55.5 Å². The zero-order chi connectivity index (χ0) is 21.7. The topological polar surface area (TPSA) is 76.7 Å². The minimum Gasteiger partial charge on any atom is -0.494 e. The Morgan fingerprint density at radius 1 is 1.23 bits per heavy atom. The summed E-state index contributed by atoms with van der Waals surface area (Å²) in [5, 5.41) is 5.83. The Morgan fingerprint density at radius 3 is 2.63 bits per heavy atom. The Balaban J connectivity index is 1.68. The number of hydrogen-bond donors (Lipinski definition) is 2. The van der Waals surface area contributed by atoms with E-state index in [1.165, 1.54) is 6.92 Å². The minimum atomic E-state index is -0.376. The first-order chi connectivity index (χ1) is 14.4. The van der Waals surface area contributed by atoms with E-state index in [1.54, 1.807) is 0 Å². The maximum absolute atomic E-state index is 12.7. The van der Waals surface area contributed by atoms with Crippen LogP contribution in [0.15, 0.2) is 36.4 Å². The van der Waals surface area contributed by atoms with Crippen LogP contribution in [0, 0.1) is 6.92 Å². The summed E-state index contributed by atoms with van der Waals surface area (Å²) in [5.74, 6) is 1.31. The van der Waals surface area contributed by atoms with Crippen molar-refractivity contribution in [2.75, 3.05) is 6.61 Å². The summed E-state index contributed by atoms with van der Waals surface area (Å²) in [6.07, 6.45) is 1.16. The van der Waals surface area contributed by atoms with Crippen molar-refractivity contribution in [2.24, 2.45) is 0 Å². The van der Waals surface area contributed by atoms with Gasteiger partial charge in [-0.15, -0.1) is 0 Å². The lowest BCUT2D eigenvalue weighted by atomic mass is 10.0. The van der Waals surface area contributed by atoms with Gasteiger partial charge in [0, 0.05) is 31.0 Å². The Morgan fingerprint density at radius 2 is 1.97 bits per heavy atom. The molecule has 6 heteroatoms. The van der Waals surface area contributed by atoms with Crippen molar-refractivity contribution in [1.29, 1.82) is 0 Å². The van der Waals surface area contributed by atoms with Crippen LogP contribution >= 0.6 is 0 Å². The maximum atomic E-state index is 12.7. The van der Waals surface area contributed by atoms with E-state index >= 15 is 0 Å². The van der Waals surface area contributed by atoms with Crippen LogP contribution in [0.25, 0.3) is 0 Å². The largest absolute Gasteiger partial charge is 0.494 e. The van der Waals surface area contributed by atoms with Crippen molar-refractivity contribution in [3.8, 4) is 11.5 Å². The van der Waals surface area contributed by atoms with Gasteiger partial charge in [0.2, 0.25) is 11.8 Å². The van der Waals surface area contributed by atoms with E-state index in [-0.39, 0.29) is 30.4 Å². The number of benzene rings is 2. The predicted octanol–water partition coefficient (Wildman–Crippen LogP) is 3.60. The Bertz CT molecular complexity index is 908. The van der Waals surface area contributed by atoms with Crippen molar-refractivity contribution in [3.05, 3.63) is 58.7 Å². The second-order valence-electron chi connectivity index (χ2n) is 7.78. The van der Waals surface area contributed by atoms with Crippen LogP contribution in [0.5, 0.6) is 11.5 Å². The average molecular weight is 411 g/mol. The van der Waals surface area contributed by atoms with E-state index in [0.717, 1.165) is 40.2 Å². The minimum absolute atomic E-state index is 0.146. The molecule has 0 bridgehead atoms. The molecule has 0 saturated heterocycles. The highest BCUT2D eigenvalue weighted by atomic mass is 16.5. The molecule has 1 heterocycles. The normalized spacial score (nSPS) is 15.7. The standard InChI is InChI=1S/C24H30N2O4/c1-5-29-22-11-19-10-16(3)30-23(19)12-20(22)14-25-24(28)13-21(26-17(4)27)18-8-6-15(2)7-9-18/h6-9,11-12,16,21H,5,10,13-14H2,1-4H3,(H,25,28)(H,26,27)/t16-,21-/m1/s1. The molecule has 0 fully saturated rings. The molecule has 0 spiro atoms. The Kier molecular flexibility index (Phi) is 6.98. The first kappa shape index (κ1) is 21.7. The molecule has 2 atom stereocenters. The van der Waals surface area contributed by atoms with Gasteiger partial charge in [-0.2, -0.15) is 0 Å². The highest BCUT2D eigenvalue weighted by Gasteiger charge is 2.22. The molecule has 0 radical (unpaired) electrons. The molecular weight excluding hydrogens is 380 g/mol. The monoisotopic (exact) mass is 410 g/mol. The van der Waals surface area contributed by atoms with Crippen LogP contribution in [-0.4, -0.2) is 24.5 Å². The van der Waals surface area contributed by atoms with E-state index in [9.17, 15) is 9.59 Å². The van der Waals surface area contributed by atoms with Crippen molar-refractivity contribution in [3.63, 3.8) is 0 Å². The van der Waals surface area contributed by atoms with Crippen molar-refractivity contribution < 1.29 is 19.1 Å². The molecule has 6 nitrogen and oxygen atoms in total. The van der Waals surface area contributed by atoms with Gasteiger partial charge in [-0.05, 0) is 38.5 Å². The zero-order valence-electron chi connectivity index (χ0n) is 18.1. The molecule has 2 aromatic rings. The second-order valence-corrected chi connectivity index (χ2v) is 7.78. The molecular formula is C24H30N2O4. The second kappa shape index (κ2) is 9.65. The lowest BCUT2D eigenvalue weighted by Gasteiger charge is -2.19. The number of fused-ring (bicyclic) bond motifs is 1. The van der Waals surface area contributed by atoms with E-state index in [0.29, 0.717) is 13.2 Å². The fourth-order valence-electron chi connectivity index (χ4n) is 3.66. The number of amides is 2. The third-order valence-corrected chi connectivity index (χ3v) is 5.10. The number of carbonyl (C=O) groups is 2. The lowest BCUT2D eigenvalue weighted by Crippen LogP contribution is -2.32. The van der Waals surface area contributed by atoms with Crippen molar-refractivity contribution in [1.82, 2.24) is 10.6 Å². The number of nitrogens with one attached hydrogen (secondary N) is 2. The molecule has 2 aromatic carbocycles. The zero-order valence-corrected chi connectivity index (χ0v) is 18.1. The first-order valence-electron chi connectivity index (χ1n) is 10.4. The van der Waals surface area contributed by atoms with E-state index in [1.807, 2.05) is 57.2 Å². The van der Waals surface area contributed by atoms with Gasteiger partial charge >= 0.3 is 0 Å². The summed E-state index contributed by atoms with van der Waals surface area (Å²) in [7, 11) is 0. The number of aryl methyl sites for hydroxylation is 1. The smallest absolute Gasteiger partial charge is 0.222 e. The van der Waals surface area contributed by atoms with Gasteiger partial charge in [-0.25, -0.2) is 0 Å². The molecule has 1 aliphatic heterocycles. The molecule has 0 unspecified atom stereocenters. The molecule has 0 saturated carbocycles. The Hall–Kier alpha value is -3.02. The van der Waals surface area contributed by atoms with E-state index in [4.69, 9.17) is 9.47 Å². The molecule has 3 rings (SSSR count). The van der Waals surface area contributed by atoms with Crippen LogP contribution in [-0.2, 0) is 22.6 Å². The van der Waals surface area contributed by atoms with Crippen LogP contribution < -0.4 is 20.1 Å². The van der Waals surface area contributed by atoms with Gasteiger partial charge in [-0.3, -0.25) is 9.59 Å². The summed E-state index contributed by atoms with van der Waals surface area (Å²) >= 11 is 0. The fraction of sp³-hybridized carbons (Fsp3) is 0.417. The predicted molar refractivity (Wildman–Crippen MR) is 116 cm³/mol. The molecule has 160 valence electrons. The summed E-state index contributed by atoms with van der Waals surface area (Å²) < 4.78 is 11.6. The average Bonchev–Trinajstić information content (AvgIpc) is 3.05. The maximum Gasteiger partial charge on any atom is 0.222 e. The van der Waals surface area contributed by atoms with Gasteiger partial charge in [0.05, 0.1) is 19.1 Å². The molecule has 0 aromatic heterocycles. The summed E-state index contributed by atoms with van der Waals surface area (Å²) in [6.45, 7) is 8.32. The van der Waals surface area contributed by atoms with Gasteiger partial charge in [0.25, 0.3) is 0 Å². The highest BCUT2D eigenvalue weighted by Crippen LogP contribution is 2.35. The molecule has 30 heavy (non-hydrogen) atoms. The summed E-state index contributed by atoms with van der Waals surface area (Å²) in [4.78, 5) is 24.3. The van der Waals surface area contributed by atoms with Crippen LogP contribution in [0.3, 0.4) is 0 Å². The molecule has 2 amide bonds. The molecule has 2 N–H and O–H groups in total. The summed E-state index contributed by atoms with van der Waals surface area (Å²) in [6, 6.07) is 11.4. The van der Waals surface area contributed by atoms with E-state index < -0.39 is 0 Å². The van der Waals surface area contributed by atoms with Crippen molar-refractivity contribution in [2.45, 2.75) is 59.2 Å². The van der Waals surface area contributed by atoms with Gasteiger partial charge in [-0.1, -0.05) is 29.8 Å². The molecule has 1 aliphatic rings. The summed E-state index contributed by atoms with van der Waals surface area (Å²) in [5.41, 5.74) is 4.04.